The number of carbonyl (C=O) groups is 1. The topological polar surface area (TPSA) is 17.1 Å². The first kappa shape index (κ1) is 12.5. The van der Waals surface area contributed by atoms with Crippen LogP contribution < -0.4 is 0 Å². The molecular weight excluding hydrogens is 231 g/mol. The molecule has 0 amide bonds. The molecule has 0 aliphatic rings. The van der Waals surface area contributed by atoms with Gasteiger partial charge < -0.3 is 0 Å². The molecule has 0 heterocycles. The van der Waals surface area contributed by atoms with Crippen LogP contribution in [0.4, 0.5) is 0 Å². The molecule has 0 aromatic heterocycles. The molecule has 3 heteroatoms. The molecule has 0 atom stereocenters. The molecule has 1 aromatic carbocycles. The summed E-state index contributed by atoms with van der Waals surface area (Å²) in [6, 6.07) is 5.35. The molecule has 82 valence electrons. The maximum absolute atomic E-state index is 12.1. The van der Waals surface area contributed by atoms with Gasteiger partial charge in [-0.05, 0) is 18.6 Å². The zero-order valence-corrected chi connectivity index (χ0v) is 10.6. The van der Waals surface area contributed by atoms with Gasteiger partial charge in [0.05, 0.1) is 0 Å². The third-order valence-corrected chi connectivity index (χ3v) is 3.54. The summed E-state index contributed by atoms with van der Waals surface area (Å²) in [5.41, 5.74) is 0.937. The third-order valence-electron chi connectivity index (χ3n) is 2.46. The Labute approximate surface area is 100 Å². The Kier molecular flexibility index (Phi) is 3.80. The molecule has 0 bridgehead atoms. The van der Waals surface area contributed by atoms with E-state index in [0.29, 0.717) is 16.5 Å². The Balaban J connectivity index is 3.18. The monoisotopic (exact) mass is 244 g/mol. The van der Waals surface area contributed by atoms with Gasteiger partial charge in [0, 0.05) is 21.9 Å². The second-order valence-electron chi connectivity index (χ2n) is 4.26. The number of ketones is 1. The van der Waals surface area contributed by atoms with Gasteiger partial charge in [0.25, 0.3) is 0 Å². The van der Waals surface area contributed by atoms with Crippen LogP contribution >= 0.6 is 23.2 Å². The van der Waals surface area contributed by atoms with E-state index in [0.717, 1.165) is 5.56 Å². The summed E-state index contributed by atoms with van der Waals surface area (Å²) < 4.78 is 0. The fraction of sp³-hybridized carbons (Fsp3) is 0.417. The maximum Gasteiger partial charge on any atom is 0.169 e. The second kappa shape index (κ2) is 4.54. The van der Waals surface area contributed by atoms with Gasteiger partial charge in [0.1, 0.15) is 0 Å². The van der Waals surface area contributed by atoms with Crippen molar-refractivity contribution in [2.45, 2.75) is 20.8 Å². The molecular formula is C12H14Cl2O. The highest BCUT2D eigenvalue weighted by Gasteiger charge is 2.28. The summed E-state index contributed by atoms with van der Waals surface area (Å²) >= 11 is 11.7. The summed E-state index contributed by atoms with van der Waals surface area (Å²) in [5.74, 6) is 0.343. The molecule has 0 saturated carbocycles. The number of benzene rings is 1. The van der Waals surface area contributed by atoms with Gasteiger partial charge in [0.2, 0.25) is 0 Å². The van der Waals surface area contributed by atoms with Gasteiger partial charge in [0.15, 0.2) is 5.78 Å². The molecule has 0 unspecified atom stereocenters. The van der Waals surface area contributed by atoms with E-state index in [1.807, 2.05) is 20.8 Å². The van der Waals surface area contributed by atoms with Gasteiger partial charge in [-0.3, -0.25) is 4.79 Å². The van der Waals surface area contributed by atoms with E-state index in [9.17, 15) is 4.79 Å². The third kappa shape index (κ3) is 2.53. The van der Waals surface area contributed by atoms with Crippen LogP contribution in [-0.4, -0.2) is 11.7 Å². The zero-order chi connectivity index (χ0) is 11.6. The lowest BCUT2D eigenvalue weighted by Crippen LogP contribution is -2.26. The molecule has 0 aliphatic heterocycles. The van der Waals surface area contributed by atoms with Crippen LogP contribution in [-0.2, 0) is 0 Å². The maximum atomic E-state index is 12.1. The van der Waals surface area contributed by atoms with Crippen molar-refractivity contribution in [1.29, 1.82) is 0 Å². The van der Waals surface area contributed by atoms with E-state index in [4.69, 9.17) is 23.2 Å². The summed E-state index contributed by atoms with van der Waals surface area (Å²) in [6.07, 6.45) is 0. The quantitative estimate of drug-likeness (QED) is 0.578. The lowest BCUT2D eigenvalue weighted by Gasteiger charge is -2.21. The Morgan fingerprint density at radius 2 is 2.00 bits per heavy atom. The van der Waals surface area contributed by atoms with Crippen molar-refractivity contribution in [3.05, 3.63) is 34.3 Å². The van der Waals surface area contributed by atoms with Crippen molar-refractivity contribution >= 4 is 29.0 Å². The predicted octanol–water partition coefficient (Wildman–Crippen LogP) is 4.10. The summed E-state index contributed by atoms with van der Waals surface area (Å²) in [6.45, 7) is 5.52. The molecule has 0 N–H and O–H groups in total. The molecule has 1 nitrogen and oxygen atoms in total. The van der Waals surface area contributed by atoms with E-state index in [1.165, 1.54) is 0 Å². The zero-order valence-electron chi connectivity index (χ0n) is 9.10. The first-order valence-corrected chi connectivity index (χ1v) is 5.67. The smallest absolute Gasteiger partial charge is 0.169 e. The van der Waals surface area contributed by atoms with Crippen LogP contribution in [0.1, 0.15) is 29.8 Å². The van der Waals surface area contributed by atoms with Crippen LogP contribution in [0, 0.1) is 12.3 Å². The fourth-order valence-electron chi connectivity index (χ4n) is 1.28. The van der Waals surface area contributed by atoms with Gasteiger partial charge in [-0.2, -0.15) is 0 Å². The van der Waals surface area contributed by atoms with Crippen molar-refractivity contribution < 1.29 is 4.79 Å². The van der Waals surface area contributed by atoms with Gasteiger partial charge >= 0.3 is 0 Å². The largest absolute Gasteiger partial charge is 0.294 e. The summed E-state index contributed by atoms with van der Waals surface area (Å²) in [4.78, 5) is 12.1. The van der Waals surface area contributed by atoms with Gasteiger partial charge in [-0.15, -0.1) is 11.6 Å². The van der Waals surface area contributed by atoms with Crippen molar-refractivity contribution in [3.63, 3.8) is 0 Å². The van der Waals surface area contributed by atoms with Crippen LogP contribution in [0.25, 0.3) is 0 Å². The number of hydrogen-bond donors (Lipinski definition) is 0. The number of rotatable bonds is 3. The van der Waals surface area contributed by atoms with Crippen LogP contribution in [0.5, 0.6) is 0 Å². The van der Waals surface area contributed by atoms with Crippen LogP contribution in [0.3, 0.4) is 0 Å². The predicted molar refractivity (Wildman–Crippen MR) is 65.0 cm³/mol. The molecule has 0 fully saturated rings. The van der Waals surface area contributed by atoms with Crippen molar-refractivity contribution in [3.8, 4) is 0 Å². The number of carbonyl (C=O) groups excluding carboxylic acids is 1. The molecule has 0 saturated heterocycles. The highest BCUT2D eigenvalue weighted by Crippen LogP contribution is 2.27. The fourth-order valence-corrected chi connectivity index (χ4v) is 1.57. The molecule has 0 radical (unpaired) electrons. The Hall–Kier alpha value is -0.530. The summed E-state index contributed by atoms with van der Waals surface area (Å²) in [7, 11) is 0. The average Bonchev–Trinajstić information content (AvgIpc) is 2.21. The summed E-state index contributed by atoms with van der Waals surface area (Å²) in [5, 5.41) is 0.617. The number of halogens is 2. The van der Waals surface area contributed by atoms with Crippen molar-refractivity contribution in [2.75, 3.05) is 5.88 Å². The normalized spacial score (nSPS) is 11.5. The van der Waals surface area contributed by atoms with Crippen molar-refractivity contribution in [1.82, 2.24) is 0 Å². The Morgan fingerprint density at radius 1 is 1.40 bits per heavy atom. The van der Waals surface area contributed by atoms with Gasteiger partial charge in [-0.1, -0.05) is 37.6 Å². The Bertz CT molecular complexity index is 383. The average molecular weight is 245 g/mol. The highest BCUT2D eigenvalue weighted by atomic mass is 35.5. The molecule has 1 aromatic rings. The molecule has 15 heavy (non-hydrogen) atoms. The number of hydrogen-bond acceptors (Lipinski definition) is 1. The van der Waals surface area contributed by atoms with E-state index < -0.39 is 5.41 Å². The van der Waals surface area contributed by atoms with E-state index in [2.05, 4.69) is 0 Å². The lowest BCUT2D eigenvalue weighted by molar-refractivity contribution is 0.0861. The minimum absolute atomic E-state index is 0.0394. The Morgan fingerprint density at radius 3 is 2.53 bits per heavy atom. The first-order chi connectivity index (χ1) is 6.90. The van der Waals surface area contributed by atoms with Crippen LogP contribution in [0.15, 0.2) is 18.2 Å². The van der Waals surface area contributed by atoms with E-state index in [1.54, 1.807) is 18.2 Å². The number of Topliss-reactive ketones (excluding diaryl/α,β-unsaturated/α-hetero) is 1. The van der Waals surface area contributed by atoms with Gasteiger partial charge in [-0.25, -0.2) is 0 Å². The minimum atomic E-state index is -0.545. The first-order valence-electron chi connectivity index (χ1n) is 4.76. The lowest BCUT2D eigenvalue weighted by atomic mass is 9.85. The standard InChI is InChI=1S/C12H14Cl2O/c1-8-9(5-4-6-10(8)14)11(15)12(2,3)7-13/h4-6H,7H2,1-3H3. The molecule has 1 rings (SSSR count). The SMILES string of the molecule is Cc1c(Cl)cccc1C(=O)C(C)(C)CCl. The highest BCUT2D eigenvalue weighted by molar-refractivity contribution is 6.32. The van der Waals surface area contributed by atoms with E-state index >= 15 is 0 Å². The second-order valence-corrected chi connectivity index (χ2v) is 4.93. The minimum Gasteiger partial charge on any atom is -0.294 e. The van der Waals surface area contributed by atoms with Crippen molar-refractivity contribution in [2.24, 2.45) is 5.41 Å². The molecule has 0 aliphatic carbocycles. The van der Waals surface area contributed by atoms with Crippen LogP contribution in [0.2, 0.25) is 5.02 Å². The number of alkyl halides is 1. The molecule has 0 spiro atoms. The van der Waals surface area contributed by atoms with E-state index in [-0.39, 0.29) is 5.78 Å².